The van der Waals surface area contributed by atoms with Gasteiger partial charge in [-0.25, -0.2) is 9.59 Å². The zero-order valence-electron chi connectivity index (χ0n) is 7.16. The van der Waals surface area contributed by atoms with Crippen LogP contribution in [0.2, 0.25) is 0 Å². The maximum atomic E-state index is 10.9. The second kappa shape index (κ2) is 5.35. The number of hydrogen-bond donors (Lipinski definition) is 1. The first-order chi connectivity index (χ1) is 5.57. The molecule has 0 aliphatic heterocycles. The number of carboxylic acids is 1. The SMILES string of the molecule is CCCOC(=O)C(C)=CC(=O)O. The molecule has 0 aromatic rings. The van der Waals surface area contributed by atoms with E-state index in [1.165, 1.54) is 6.92 Å². The third-order valence-corrected chi connectivity index (χ3v) is 1.10. The molecule has 0 aliphatic rings. The molecule has 0 aromatic carbocycles. The lowest BCUT2D eigenvalue weighted by atomic mass is 10.3. The topological polar surface area (TPSA) is 63.6 Å². The fraction of sp³-hybridized carbons (Fsp3) is 0.500. The maximum absolute atomic E-state index is 10.9. The van der Waals surface area contributed by atoms with Crippen molar-refractivity contribution in [2.75, 3.05) is 6.61 Å². The van der Waals surface area contributed by atoms with Crippen molar-refractivity contribution >= 4 is 11.9 Å². The summed E-state index contributed by atoms with van der Waals surface area (Å²) in [6, 6.07) is 0. The van der Waals surface area contributed by atoms with Crippen LogP contribution in [0, 0.1) is 0 Å². The van der Waals surface area contributed by atoms with Gasteiger partial charge in [-0.3, -0.25) is 0 Å². The Labute approximate surface area is 70.8 Å². The molecule has 0 heterocycles. The van der Waals surface area contributed by atoms with Crippen molar-refractivity contribution in [2.24, 2.45) is 0 Å². The number of carboxylic acid groups (broad SMARTS) is 1. The van der Waals surface area contributed by atoms with Crippen molar-refractivity contribution in [1.82, 2.24) is 0 Å². The summed E-state index contributed by atoms with van der Waals surface area (Å²) in [5, 5.41) is 8.27. The lowest BCUT2D eigenvalue weighted by Crippen LogP contribution is -2.07. The first-order valence-corrected chi connectivity index (χ1v) is 3.66. The van der Waals surface area contributed by atoms with E-state index < -0.39 is 11.9 Å². The number of rotatable bonds is 4. The molecular formula is C8H12O4. The molecule has 12 heavy (non-hydrogen) atoms. The lowest BCUT2D eigenvalue weighted by Gasteiger charge is -2.00. The van der Waals surface area contributed by atoms with Crippen molar-refractivity contribution in [3.8, 4) is 0 Å². The lowest BCUT2D eigenvalue weighted by molar-refractivity contribution is -0.140. The van der Waals surface area contributed by atoms with E-state index in [2.05, 4.69) is 4.74 Å². The van der Waals surface area contributed by atoms with Gasteiger partial charge in [0.2, 0.25) is 0 Å². The van der Waals surface area contributed by atoms with Crippen molar-refractivity contribution in [3.63, 3.8) is 0 Å². The van der Waals surface area contributed by atoms with Crippen LogP contribution >= 0.6 is 0 Å². The predicted molar refractivity (Wildman–Crippen MR) is 42.6 cm³/mol. The summed E-state index contributed by atoms with van der Waals surface area (Å²) < 4.78 is 4.68. The van der Waals surface area contributed by atoms with E-state index in [-0.39, 0.29) is 5.57 Å². The molecule has 4 heteroatoms. The Balaban J connectivity index is 4.01. The van der Waals surface area contributed by atoms with E-state index in [0.29, 0.717) is 6.61 Å². The summed E-state index contributed by atoms with van der Waals surface area (Å²) in [6.07, 6.45) is 1.56. The Morgan fingerprint density at radius 2 is 2.08 bits per heavy atom. The maximum Gasteiger partial charge on any atom is 0.333 e. The average Bonchev–Trinajstić information content (AvgIpc) is 1.98. The molecule has 4 nitrogen and oxygen atoms in total. The van der Waals surface area contributed by atoms with Crippen LogP contribution in [0.25, 0.3) is 0 Å². The fourth-order valence-corrected chi connectivity index (χ4v) is 0.553. The predicted octanol–water partition coefficient (Wildman–Crippen LogP) is 0.970. The molecule has 0 rings (SSSR count). The van der Waals surface area contributed by atoms with Crippen molar-refractivity contribution in [3.05, 3.63) is 11.6 Å². The number of ether oxygens (including phenoxy) is 1. The van der Waals surface area contributed by atoms with Crippen LogP contribution in [0.1, 0.15) is 20.3 Å². The van der Waals surface area contributed by atoms with Gasteiger partial charge in [0.25, 0.3) is 0 Å². The molecule has 0 saturated heterocycles. The molecule has 0 fully saturated rings. The van der Waals surface area contributed by atoms with Gasteiger partial charge in [0.05, 0.1) is 6.61 Å². The zero-order chi connectivity index (χ0) is 9.56. The van der Waals surface area contributed by atoms with Gasteiger partial charge in [0, 0.05) is 11.6 Å². The highest BCUT2D eigenvalue weighted by atomic mass is 16.5. The van der Waals surface area contributed by atoms with Crippen LogP contribution in [0.3, 0.4) is 0 Å². The first-order valence-electron chi connectivity index (χ1n) is 3.66. The van der Waals surface area contributed by atoms with E-state index >= 15 is 0 Å². The molecule has 0 spiro atoms. The van der Waals surface area contributed by atoms with Crippen LogP contribution < -0.4 is 0 Å². The molecule has 1 N–H and O–H groups in total. The molecule has 0 atom stereocenters. The van der Waals surface area contributed by atoms with Crippen LogP contribution in [0.5, 0.6) is 0 Å². The minimum absolute atomic E-state index is 0.107. The molecule has 0 aliphatic carbocycles. The van der Waals surface area contributed by atoms with Crippen molar-refractivity contribution in [1.29, 1.82) is 0 Å². The molecule has 0 aromatic heterocycles. The molecule has 0 amide bonds. The standard InChI is InChI=1S/C8H12O4/c1-3-4-12-8(11)6(2)5-7(9)10/h5H,3-4H2,1-2H3,(H,9,10). The number of aliphatic carboxylic acids is 1. The summed E-state index contributed by atoms with van der Waals surface area (Å²) in [5.41, 5.74) is 0.107. The van der Waals surface area contributed by atoms with E-state index in [0.717, 1.165) is 12.5 Å². The quantitative estimate of drug-likeness (QED) is 0.507. The third-order valence-electron chi connectivity index (χ3n) is 1.10. The average molecular weight is 172 g/mol. The van der Waals surface area contributed by atoms with Gasteiger partial charge in [-0.1, -0.05) is 6.92 Å². The van der Waals surface area contributed by atoms with Crippen LogP contribution in [0.15, 0.2) is 11.6 Å². The van der Waals surface area contributed by atoms with Gasteiger partial charge in [-0.2, -0.15) is 0 Å². The van der Waals surface area contributed by atoms with Gasteiger partial charge in [0.1, 0.15) is 0 Å². The highest BCUT2D eigenvalue weighted by Gasteiger charge is 2.05. The Bertz CT molecular complexity index is 205. The van der Waals surface area contributed by atoms with Crippen molar-refractivity contribution < 1.29 is 19.4 Å². The van der Waals surface area contributed by atoms with Crippen molar-refractivity contribution in [2.45, 2.75) is 20.3 Å². The molecule has 0 unspecified atom stereocenters. The van der Waals surface area contributed by atoms with Gasteiger partial charge < -0.3 is 9.84 Å². The Morgan fingerprint density at radius 3 is 2.50 bits per heavy atom. The highest BCUT2D eigenvalue weighted by Crippen LogP contribution is 1.96. The molecule has 0 bridgehead atoms. The first kappa shape index (κ1) is 10.7. The summed E-state index contributed by atoms with van der Waals surface area (Å²) in [4.78, 5) is 21.0. The summed E-state index contributed by atoms with van der Waals surface area (Å²) in [5.74, 6) is -1.71. The second-order valence-electron chi connectivity index (χ2n) is 2.30. The zero-order valence-corrected chi connectivity index (χ0v) is 7.16. The number of carbonyl (C=O) groups excluding carboxylic acids is 1. The monoisotopic (exact) mass is 172 g/mol. The highest BCUT2D eigenvalue weighted by molar-refractivity contribution is 5.95. The summed E-state index contributed by atoms with van der Waals surface area (Å²) >= 11 is 0. The Kier molecular flexibility index (Phi) is 4.76. The largest absolute Gasteiger partial charge is 0.478 e. The van der Waals surface area contributed by atoms with Gasteiger partial charge >= 0.3 is 11.9 Å². The van der Waals surface area contributed by atoms with E-state index in [4.69, 9.17) is 5.11 Å². The number of carbonyl (C=O) groups is 2. The normalized spacial score (nSPS) is 11.0. The van der Waals surface area contributed by atoms with Gasteiger partial charge in [0.15, 0.2) is 0 Å². The van der Waals surface area contributed by atoms with Crippen LogP contribution in [-0.2, 0) is 14.3 Å². The molecule has 0 radical (unpaired) electrons. The molecular weight excluding hydrogens is 160 g/mol. The minimum atomic E-state index is -1.14. The van der Waals surface area contributed by atoms with Gasteiger partial charge in [-0.15, -0.1) is 0 Å². The van der Waals surface area contributed by atoms with E-state index in [1.807, 2.05) is 6.92 Å². The summed E-state index contributed by atoms with van der Waals surface area (Å²) in [6.45, 7) is 3.60. The number of hydrogen-bond acceptors (Lipinski definition) is 3. The van der Waals surface area contributed by atoms with Crippen LogP contribution in [-0.4, -0.2) is 23.7 Å². The molecule has 68 valence electrons. The van der Waals surface area contributed by atoms with E-state index in [1.54, 1.807) is 0 Å². The van der Waals surface area contributed by atoms with E-state index in [9.17, 15) is 9.59 Å². The fourth-order valence-electron chi connectivity index (χ4n) is 0.553. The Hall–Kier alpha value is -1.32. The Morgan fingerprint density at radius 1 is 1.50 bits per heavy atom. The summed E-state index contributed by atoms with van der Waals surface area (Å²) in [7, 11) is 0. The third kappa shape index (κ3) is 4.49. The van der Waals surface area contributed by atoms with Crippen LogP contribution in [0.4, 0.5) is 0 Å². The molecule has 0 saturated carbocycles. The smallest absolute Gasteiger partial charge is 0.333 e. The minimum Gasteiger partial charge on any atom is -0.478 e. The number of esters is 1. The van der Waals surface area contributed by atoms with Gasteiger partial charge in [-0.05, 0) is 13.3 Å². The second-order valence-corrected chi connectivity index (χ2v) is 2.30.